The third kappa shape index (κ3) is 3.58. The number of nitrogens with zero attached hydrogens (tertiary/aromatic N) is 3. The molecule has 28 heavy (non-hydrogen) atoms. The van der Waals surface area contributed by atoms with Gasteiger partial charge in [0.1, 0.15) is 5.69 Å². The van der Waals surface area contributed by atoms with Crippen LogP contribution in [0.25, 0.3) is 10.9 Å². The number of aromatic amines is 1. The van der Waals surface area contributed by atoms with Crippen LogP contribution in [0.3, 0.4) is 0 Å². The molecule has 0 atom stereocenters. The van der Waals surface area contributed by atoms with E-state index in [1.165, 1.54) is 11.7 Å². The summed E-state index contributed by atoms with van der Waals surface area (Å²) in [5, 5.41) is 23.0. The molecule has 3 rings (SSSR count). The van der Waals surface area contributed by atoms with Gasteiger partial charge in [-0.2, -0.15) is 5.26 Å². The Morgan fingerprint density at radius 1 is 1.36 bits per heavy atom. The highest BCUT2D eigenvalue weighted by Crippen LogP contribution is 2.24. The van der Waals surface area contributed by atoms with Gasteiger partial charge in [-0.1, -0.05) is 32.0 Å². The van der Waals surface area contributed by atoms with E-state index in [1.807, 2.05) is 44.3 Å². The van der Waals surface area contributed by atoms with Crippen molar-refractivity contribution >= 4 is 10.9 Å². The van der Waals surface area contributed by atoms with E-state index in [0.717, 1.165) is 16.5 Å². The van der Waals surface area contributed by atoms with E-state index in [4.69, 9.17) is 10.00 Å². The Bertz CT molecular complexity index is 1090. The Balaban J connectivity index is 2.20. The van der Waals surface area contributed by atoms with Crippen molar-refractivity contribution in [3.8, 4) is 11.9 Å². The van der Waals surface area contributed by atoms with E-state index >= 15 is 0 Å². The Morgan fingerprint density at radius 3 is 2.79 bits per heavy atom. The largest absolute Gasteiger partial charge is 0.616 e. The molecule has 3 aromatic rings. The summed E-state index contributed by atoms with van der Waals surface area (Å²) in [5.74, 6) is 0.250. The van der Waals surface area contributed by atoms with Crippen molar-refractivity contribution in [2.24, 2.45) is 5.92 Å². The summed E-state index contributed by atoms with van der Waals surface area (Å²) in [5.41, 5.74) is 2.21. The summed E-state index contributed by atoms with van der Waals surface area (Å²) in [6.45, 7) is 4.12. The molecule has 0 radical (unpaired) electrons. The number of H-pyrrole nitrogens is 1. The predicted octanol–water partition coefficient (Wildman–Crippen LogP) is 2.67. The van der Waals surface area contributed by atoms with E-state index in [1.54, 1.807) is 0 Å². The zero-order chi connectivity index (χ0) is 20.3. The maximum Gasteiger partial charge on any atom is 0.400 e. The molecule has 1 aromatic carbocycles. The van der Waals surface area contributed by atoms with Gasteiger partial charge in [-0.3, -0.25) is 9.36 Å². The topological polar surface area (TPSA) is 97.8 Å². The highest BCUT2D eigenvalue weighted by atomic mass is 16.5. The number of hydrogen-bond acceptors (Lipinski definition) is 4. The number of rotatable bonds is 7. The first-order valence-electron chi connectivity index (χ1n) is 9.32. The third-order valence-corrected chi connectivity index (χ3v) is 4.77. The molecular formula is C21H24N4O3. The molecule has 0 saturated carbocycles. The number of para-hydroxylation sites is 1. The molecule has 0 saturated heterocycles. The van der Waals surface area contributed by atoms with Crippen LogP contribution in [0.5, 0.6) is 5.88 Å². The normalized spacial score (nSPS) is 11.1. The molecule has 0 unspecified atom stereocenters. The molecule has 0 aliphatic rings. The van der Waals surface area contributed by atoms with Gasteiger partial charge in [0.25, 0.3) is 5.69 Å². The van der Waals surface area contributed by atoms with Crippen LogP contribution in [-0.4, -0.2) is 16.7 Å². The van der Waals surface area contributed by atoms with E-state index < -0.39 is 0 Å². The summed E-state index contributed by atoms with van der Waals surface area (Å²) < 4.78 is 7.58. The summed E-state index contributed by atoms with van der Waals surface area (Å²) in [6.07, 6.45) is 2.74. The Hall–Kier alpha value is -3.27. The zero-order valence-electron chi connectivity index (χ0n) is 16.4. The lowest BCUT2D eigenvalue weighted by atomic mass is 10.1. The van der Waals surface area contributed by atoms with Gasteiger partial charge in [-0.05, 0) is 17.5 Å². The predicted molar refractivity (Wildman–Crippen MR) is 106 cm³/mol. The Kier molecular flexibility index (Phi) is 5.69. The minimum absolute atomic E-state index is 0.110. The number of nitrogens with one attached hydrogen (secondary N) is 1. The lowest BCUT2D eigenvalue weighted by Gasteiger charge is -2.17. The van der Waals surface area contributed by atoms with Gasteiger partial charge in [0.05, 0.1) is 19.6 Å². The molecule has 0 aliphatic heterocycles. The van der Waals surface area contributed by atoms with Crippen molar-refractivity contribution < 1.29 is 9.47 Å². The van der Waals surface area contributed by atoms with Crippen molar-refractivity contribution in [1.82, 2.24) is 9.55 Å². The smallest absolute Gasteiger partial charge is 0.400 e. The number of nitriles is 1. The fourth-order valence-electron chi connectivity index (χ4n) is 3.51. The van der Waals surface area contributed by atoms with Crippen molar-refractivity contribution in [2.45, 2.75) is 39.7 Å². The number of hydrogen-bond donors (Lipinski definition) is 1. The molecular weight excluding hydrogens is 356 g/mol. The first-order chi connectivity index (χ1) is 13.5. The van der Waals surface area contributed by atoms with Crippen molar-refractivity contribution in [3.05, 3.63) is 63.0 Å². The van der Waals surface area contributed by atoms with Crippen molar-refractivity contribution in [2.75, 3.05) is 7.11 Å². The summed E-state index contributed by atoms with van der Waals surface area (Å²) in [7, 11) is 1.43. The highest BCUT2D eigenvalue weighted by molar-refractivity contribution is 5.83. The molecule has 2 heterocycles. The van der Waals surface area contributed by atoms with Crippen LogP contribution in [0.15, 0.2) is 35.3 Å². The van der Waals surface area contributed by atoms with Crippen LogP contribution in [0.2, 0.25) is 0 Å². The maximum atomic E-state index is 13.1. The Morgan fingerprint density at radius 2 is 2.11 bits per heavy atom. The molecule has 0 bridgehead atoms. The lowest BCUT2D eigenvalue weighted by molar-refractivity contribution is -0.623. The highest BCUT2D eigenvalue weighted by Gasteiger charge is 2.28. The number of fused-ring (bicyclic) bond motifs is 1. The molecule has 0 spiro atoms. The Labute approximate surface area is 163 Å². The van der Waals surface area contributed by atoms with Gasteiger partial charge in [-0.25, -0.2) is 0 Å². The van der Waals surface area contributed by atoms with E-state index in [0.29, 0.717) is 23.3 Å². The second-order valence-corrected chi connectivity index (χ2v) is 7.20. The zero-order valence-corrected chi connectivity index (χ0v) is 16.4. The summed E-state index contributed by atoms with van der Waals surface area (Å²) >= 11 is 0. The summed E-state index contributed by atoms with van der Waals surface area (Å²) in [6, 6.07) is 9.93. The second-order valence-electron chi connectivity index (χ2n) is 7.20. The monoisotopic (exact) mass is 380 g/mol. The van der Waals surface area contributed by atoms with Crippen molar-refractivity contribution in [3.63, 3.8) is 0 Å². The number of aromatic nitrogens is 3. The van der Waals surface area contributed by atoms with E-state index in [9.17, 15) is 10.0 Å². The quantitative estimate of drug-likeness (QED) is 0.503. The molecule has 0 fully saturated rings. The van der Waals surface area contributed by atoms with Crippen LogP contribution in [0.4, 0.5) is 0 Å². The van der Waals surface area contributed by atoms with Crippen LogP contribution in [0, 0.1) is 22.5 Å². The molecule has 1 N–H and O–H groups in total. The van der Waals surface area contributed by atoms with E-state index in [2.05, 4.69) is 11.1 Å². The molecule has 0 amide bonds. The maximum absolute atomic E-state index is 13.1. The first-order valence-corrected chi connectivity index (χ1v) is 9.32. The van der Waals surface area contributed by atoms with Gasteiger partial charge < -0.3 is 14.9 Å². The fourth-order valence-corrected chi connectivity index (χ4v) is 3.51. The summed E-state index contributed by atoms with van der Waals surface area (Å²) in [4.78, 5) is 16.3. The molecule has 7 heteroatoms. The minimum Gasteiger partial charge on any atom is -0.616 e. The van der Waals surface area contributed by atoms with Crippen LogP contribution in [-0.2, 0) is 19.4 Å². The van der Waals surface area contributed by atoms with Crippen LogP contribution < -0.4 is 15.0 Å². The van der Waals surface area contributed by atoms with E-state index in [-0.39, 0.29) is 36.0 Å². The van der Waals surface area contributed by atoms with Crippen LogP contribution >= 0.6 is 0 Å². The molecule has 0 aliphatic carbocycles. The molecule has 2 aromatic heterocycles. The fraction of sp³-hybridized carbons (Fsp3) is 0.381. The van der Waals surface area contributed by atoms with Gasteiger partial charge in [0, 0.05) is 36.5 Å². The number of methoxy groups -OCH3 is 1. The standard InChI is InChI=1S/C21H24N4O3/c1-14(2)11-18-20(26)24(10-6-9-22)19(21(28-3)25(18)27)12-15-13-23-17-8-5-4-7-16(15)17/h4-5,7-8,13-14,23H,6,10-12H2,1-3H3. The average molecular weight is 380 g/mol. The van der Waals surface area contributed by atoms with Crippen LogP contribution in [0.1, 0.15) is 37.2 Å². The molecule has 146 valence electrons. The van der Waals surface area contributed by atoms with Gasteiger partial charge >= 0.3 is 11.4 Å². The van der Waals surface area contributed by atoms with Gasteiger partial charge in [0.2, 0.25) is 0 Å². The average Bonchev–Trinajstić information content (AvgIpc) is 3.08. The lowest BCUT2D eigenvalue weighted by Crippen LogP contribution is -2.46. The number of benzene rings is 1. The molecule has 7 nitrogen and oxygen atoms in total. The first kappa shape index (κ1) is 19.5. The van der Waals surface area contributed by atoms with Gasteiger partial charge in [-0.15, -0.1) is 4.73 Å². The second kappa shape index (κ2) is 8.17. The SMILES string of the molecule is COc1c(Cc2c[nH]c3ccccc23)n(CCC#N)c(=O)c(CC(C)C)[n+]1[O-]. The van der Waals surface area contributed by atoms with Gasteiger partial charge in [0.15, 0.2) is 0 Å². The van der Waals surface area contributed by atoms with Crippen molar-refractivity contribution in [1.29, 1.82) is 5.26 Å². The number of ether oxygens (including phenoxy) is 1. The minimum atomic E-state index is -0.352. The third-order valence-electron chi connectivity index (χ3n) is 4.77.